The Bertz CT molecular complexity index is 444. The van der Waals surface area contributed by atoms with Crippen LogP contribution >= 0.6 is 15.9 Å². The van der Waals surface area contributed by atoms with Crippen LogP contribution in [0, 0.1) is 5.82 Å². The largest absolute Gasteiger partial charge is 0.374 e. The molecule has 0 aromatic heterocycles. The number of halogens is 2. The zero-order valence-electron chi connectivity index (χ0n) is 12.0. The van der Waals surface area contributed by atoms with Gasteiger partial charge in [0.25, 0.3) is 0 Å². The maximum absolute atomic E-state index is 13.8. The van der Waals surface area contributed by atoms with Crippen LogP contribution in [0.1, 0.15) is 25.5 Å². The lowest BCUT2D eigenvalue weighted by Crippen LogP contribution is -2.46. The summed E-state index contributed by atoms with van der Waals surface area (Å²) in [5.74, 6) is -0.173. The van der Waals surface area contributed by atoms with Crippen molar-refractivity contribution in [3.8, 4) is 0 Å². The molecular formula is C15H22BrFN2O. The first-order chi connectivity index (χ1) is 9.60. The fourth-order valence-corrected chi connectivity index (χ4v) is 2.83. The van der Waals surface area contributed by atoms with Gasteiger partial charge in [-0.1, -0.05) is 22.9 Å². The van der Waals surface area contributed by atoms with Crippen molar-refractivity contribution >= 4 is 15.9 Å². The minimum Gasteiger partial charge on any atom is -0.374 e. The number of ether oxygens (including phenoxy) is 1. The Kier molecular flexibility index (Phi) is 5.96. The third-order valence-corrected chi connectivity index (χ3v) is 4.24. The van der Waals surface area contributed by atoms with E-state index in [-0.39, 0.29) is 18.0 Å². The highest BCUT2D eigenvalue weighted by molar-refractivity contribution is 9.10. The number of nitrogens with zero attached hydrogens (tertiary/aromatic N) is 1. The molecule has 1 aromatic carbocycles. The van der Waals surface area contributed by atoms with Gasteiger partial charge in [0, 0.05) is 35.7 Å². The van der Waals surface area contributed by atoms with Gasteiger partial charge in [-0.2, -0.15) is 0 Å². The summed E-state index contributed by atoms with van der Waals surface area (Å²) in [6.45, 7) is 8.65. The lowest BCUT2D eigenvalue weighted by Gasteiger charge is -2.32. The Hall–Kier alpha value is -0.490. The molecule has 2 atom stereocenters. The second kappa shape index (κ2) is 7.50. The van der Waals surface area contributed by atoms with E-state index in [1.807, 2.05) is 13.0 Å². The predicted molar refractivity (Wildman–Crippen MR) is 82.4 cm³/mol. The Morgan fingerprint density at radius 2 is 2.35 bits per heavy atom. The first-order valence-electron chi connectivity index (χ1n) is 7.12. The van der Waals surface area contributed by atoms with Gasteiger partial charge in [-0.05, 0) is 31.7 Å². The molecule has 1 aromatic rings. The quantitative estimate of drug-likeness (QED) is 0.888. The van der Waals surface area contributed by atoms with Gasteiger partial charge in [0.15, 0.2) is 0 Å². The van der Waals surface area contributed by atoms with Gasteiger partial charge in [-0.25, -0.2) is 4.39 Å². The SMILES string of the molecule is CCN1CCOC(CNC(C)c2cc(Br)ccc2F)C1. The lowest BCUT2D eigenvalue weighted by atomic mass is 10.1. The molecule has 3 nitrogen and oxygen atoms in total. The molecule has 0 saturated carbocycles. The van der Waals surface area contributed by atoms with E-state index >= 15 is 0 Å². The molecule has 2 unspecified atom stereocenters. The maximum atomic E-state index is 13.8. The number of benzene rings is 1. The standard InChI is InChI=1S/C15H22BrFN2O/c1-3-19-6-7-20-13(10-19)9-18-11(2)14-8-12(16)4-5-15(14)17/h4-5,8,11,13,18H,3,6-7,9-10H2,1-2H3. The molecule has 0 radical (unpaired) electrons. The van der Waals surface area contributed by atoms with Gasteiger partial charge < -0.3 is 10.1 Å². The third kappa shape index (κ3) is 4.25. The van der Waals surface area contributed by atoms with Crippen LogP contribution in [0.25, 0.3) is 0 Å². The summed E-state index contributed by atoms with van der Waals surface area (Å²) >= 11 is 3.38. The number of hydrogen-bond acceptors (Lipinski definition) is 3. The minimum absolute atomic E-state index is 0.0342. The number of likely N-dealkylation sites (N-methyl/N-ethyl adjacent to an activating group) is 1. The van der Waals surface area contributed by atoms with Crippen molar-refractivity contribution in [3.05, 3.63) is 34.1 Å². The minimum atomic E-state index is -0.173. The molecule has 112 valence electrons. The number of morpholine rings is 1. The normalized spacial score (nSPS) is 21.9. The number of rotatable bonds is 5. The summed E-state index contributed by atoms with van der Waals surface area (Å²) in [6, 6.07) is 5.00. The average molecular weight is 345 g/mol. The highest BCUT2D eigenvalue weighted by Gasteiger charge is 2.20. The van der Waals surface area contributed by atoms with Crippen LogP contribution in [0.15, 0.2) is 22.7 Å². The van der Waals surface area contributed by atoms with Crippen molar-refractivity contribution in [3.63, 3.8) is 0 Å². The lowest BCUT2D eigenvalue weighted by molar-refractivity contribution is -0.0262. The molecule has 0 amide bonds. The fraction of sp³-hybridized carbons (Fsp3) is 0.600. The second-order valence-electron chi connectivity index (χ2n) is 5.18. The van der Waals surface area contributed by atoms with Gasteiger partial charge in [0.2, 0.25) is 0 Å². The van der Waals surface area contributed by atoms with Gasteiger partial charge in [-0.3, -0.25) is 4.90 Å². The molecule has 1 heterocycles. The van der Waals surface area contributed by atoms with Gasteiger partial charge in [-0.15, -0.1) is 0 Å². The summed E-state index contributed by atoms with van der Waals surface area (Å²) in [5, 5.41) is 3.37. The molecule has 2 rings (SSSR count). The number of hydrogen-bond donors (Lipinski definition) is 1. The van der Waals surface area contributed by atoms with Crippen molar-refractivity contribution < 1.29 is 9.13 Å². The smallest absolute Gasteiger partial charge is 0.128 e. The van der Waals surface area contributed by atoms with Crippen LogP contribution in [-0.2, 0) is 4.74 Å². The van der Waals surface area contributed by atoms with Crippen LogP contribution in [0.4, 0.5) is 4.39 Å². The fourth-order valence-electron chi connectivity index (χ4n) is 2.46. The summed E-state index contributed by atoms with van der Waals surface area (Å²) < 4.78 is 20.4. The highest BCUT2D eigenvalue weighted by Crippen LogP contribution is 2.21. The Labute approximate surface area is 128 Å². The zero-order valence-corrected chi connectivity index (χ0v) is 13.6. The zero-order chi connectivity index (χ0) is 14.5. The first kappa shape index (κ1) is 15.9. The summed E-state index contributed by atoms with van der Waals surface area (Å²) in [5.41, 5.74) is 0.683. The predicted octanol–water partition coefficient (Wildman–Crippen LogP) is 2.96. The van der Waals surface area contributed by atoms with E-state index in [2.05, 4.69) is 33.1 Å². The first-order valence-corrected chi connectivity index (χ1v) is 7.91. The second-order valence-corrected chi connectivity index (χ2v) is 6.10. The van der Waals surface area contributed by atoms with Gasteiger partial charge in [0.05, 0.1) is 12.7 Å². The van der Waals surface area contributed by atoms with Crippen molar-refractivity contribution in [1.82, 2.24) is 10.2 Å². The molecule has 1 aliphatic rings. The third-order valence-electron chi connectivity index (χ3n) is 3.75. The molecule has 0 bridgehead atoms. The van der Waals surface area contributed by atoms with Crippen LogP contribution in [0.5, 0.6) is 0 Å². The van der Waals surface area contributed by atoms with Crippen molar-refractivity contribution in [2.24, 2.45) is 0 Å². The van der Waals surface area contributed by atoms with Crippen molar-refractivity contribution in [2.75, 3.05) is 32.8 Å². The van der Waals surface area contributed by atoms with E-state index in [4.69, 9.17) is 4.74 Å². The maximum Gasteiger partial charge on any atom is 0.128 e. The monoisotopic (exact) mass is 344 g/mol. The summed E-state index contributed by atoms with van der Waals surface area (Å²) in [7, 11) is 0. The summed E-state index contributed by atoms with van der Waals surface area (Å²) in [6.07, 6.45) is 0.182. The van der Waals surface area contributed by atoms with Crippen LogP contribution < -0.4 is 5.32 Å². The summed E-state index contributed by atoms with van der Waals surface area (Å²) in [4.78, 5) is 2.38. The van der Waals surface area contributed by atoms with Crippen LogP contribution in [0.3, 0.4) is 0 Å². The molecule has 1 N–H and O–H groups in total. The average Bonchev–Trinajstić information content (AvgIpc) is 2.47. The Morgan fingerprint density at radius 3 is 3.10 bits per heavy atom. The van der Waals surface area contributed by atoms with E-state index < -0.39 is 0 Å². The molecule has 1 aliphatic heterocycles. The molecule has 5 heteroatoms. The van der Waals surface area contributed by atoms with Crippen LogP contribution in [0.2, 0.25) is 0 Å². The molecule has 0 spiro atoms. The molecule has 0 aliphatic carbocycles. The topological polar surface area (TPSA) is 24.5 Å². The molecular weight excluding hydrogens is 323 g/mol. The van der Waals surface area contributed by atoms with Crippen molar-refractivity contribution in [1.29, 1.82) is 0 Å². The van der Waals surface area contributed by atoms with E-state index in [9.17, 15) is 4.39 Å². The highest BCUT2D eigenvalue weighted by atomic mass is 79.9. The Balaban J connectivity index is 1.88. The van der Waals surface area contributed by atoms with E-state index in [1.165, 1.54) is 6.07 Å². The van der Waals surface area contributed by atoms with E-state index in [0.717, 1.165) is 37.3 Å². The van der Waals surface area contributed by atoms with E-state index in [1.54, 1.807) is 6.07 Å². The van der Waals surface area contributed by atoms with Crippen molar-refractivity contribution in [2.45, 2.75) is 26.0 Å². The molecule has 20 heavy (non-hydrogen) atoms. The Morgan fingerprint density at radius 1 is 1.55 bits per heavy atom. The number of nitrogens with one attached hydrogen (secondary N) is 1. The van der Waals surface area contributed by atoms with Crippen LogP contribution in [-0.4, -0.2) is 43.8 Å². The molecule has 1 fully saturated rings. The van der Waals surface area contributed by atoms with E-state index in [0.29, 0.717) is 5.56 Å². The van der Waals surface area contributed by atoms with Gasteiger partial charge in [0.1, 0.15) is 5.82 Å². The van der Waals surface area contributed by atoms with Gasteiger partial charge >= 0.3 is 0 Å². The molecule has 1 saturated heterocycles.